The van der Waals surface area contributed by atoms with Crippen LogP contribution in [0.1, 0.15) is 11.7 Å². The van der Waals surface area contributed by atoms with Crippen LogP contribution in [-0.4, -0.2) is 20.8 Å². The van der Waals surface area contributed by atoms with Gasteiger partial charge in [0.1, 0.15) is 5.75 Å². The van der Waals surface area contributed by atoms with E-state index >= 15 is 0 Å². The Bertz CT molecular complexity index is 340. The number of halogens is 2. The molecule has 1 aromatic rings. The summed E-state index contributed by atoms with van der Waals surface area (Å²) in [5, 5.41) is 1.03. The zero-order valence-electron chi connectivity index (χ0n) is 8.59. The van der Waals surface area contributed by atoms with E-state index in [4.69, 9.17) is 38.4 Å². The molecule has 1 atom stereocenters. The van der Waals surface area contributed by atoms with Gasteiger partial charge in [-0.2, -0.15) is 0 Å². The first-order valence-corrected chi connectivity index (χ1v) is 5.15. The first-order chi connectivity index (χ1) is 7.13. The van der Waals surface area contributed by atoms with Crippen molar-refractivity contribution in [2.45, 2.75) is 6.10 Å². The van der Waals surface area contributed by atoms with Crippen molar-refractivity contribution in [1.29, 1.82) is 0 Å². The van der Waals surface area contributed by atoms with E-state index in [9.17, 15) is 0 Å². The summed E-state index contributed by atoms with van der Waals surface area (Å²) in [7, 11) is 3.11. The molecule has 1 unspecified atom stereocenters. The molecular formula is C10H13Cl2NO2. The number of methoxy groups -OCH3 is 2. The van der Waals surface area contributed by atoms with E-state index in [1.807, 2.05) is 0 Å². The lowest BCUT2D eigenvalue weighted by atomic mass is 10.1. The number of hydrogen-bond donors (Lipinski definition) is 1. The standard InChI is InChI=1S/C10H13Cl2NO2/c1-14-9-4-7(11)6(3-8(9)12)10(5-13)15-2/h3-4,10H,5,13H2,1-2H3. The molecule has 0 aliphatic carbocycles. The Labute approximate surface area is 99.1 Å². The van der Waals surface area contributed by atoms with Gasteiger partial charge in [-0.05, 0) is 6.07 Å². The van der Waals surface area contributed by atoms with Gasteiger partial charge in [-0.25, -0.2) is 0 Å². The molecule has 0 heterocycles. The summed E-state index contributed by atoms with van der Waals surface area (Å²) in [6.07, 6.45) is -0.249. The van der Waals surface area contributed by atoms with Gasteiger partial charge in [0, 0.05) is 25.3 Å². The molecule has 0 amide bonds. The SMILES string of the molecule is COc1cc(Cl)c(C(CN)OC)cc1Cl. The summed E-state index contributed by atoms with van der Waals surface area (Å²) in [5.74, 6) is 0.539. The van der Waals surface area contributed by atoms with E-state index in [0.717, 1.165) is 5.56 Å². The summed E-state index contributed by atoms with van der Waals surface area (Å²) in [6.45, 7) is 0.346. The van der Waals surface area contributed by atoms with E-state index in [0.29, 0.717) is 22.3 Å². The normalized spacial score (nSPS) is 12.6. The van der Waals surface area contributed by atoms with Gasteiger partial charge in [0.05, 0.1) is 23.3 Å². The summed E-state index contributed by atoms with van der Waals surface area (Å²) < 4.78 is 10.2. The Kier molecular flexibility index (Phi) is 4.67. The van der Waals surface area contributed by atoms with Gasteiger partial charge in [0.15, 0.2) is 0 Å². The maximum absolute atomic E-state index is 6.06. The summed E-state index contributed by atoms with van der Waals surface area (Å²) in [5.41, 5.74) is 6.32. The average molecular weight is 250 g/mol. The van der Waals surface area contributed by atoms with Crippen molar-refractivity contribution < 1.29 is 9.47 Å². The third-order valence-electron chi connectivity index (χ3n) is 2.12. The van der Waals surface area contributed by atoms with E-state index < -0.39 is 0 Å². The topological polar surface area (TPSA) is 44.5 Å². The zero-order valence-corrected chi connectivity index (χ0v) is 10.1. The molecule has 0 aliphatic heterocycles. The maximum atomic E-state index is 6.06. The molecule has 0 aliphatic rings. The maximum Gasteiger partial charge on any atom is 0.138 e. The van der Waals surface area contributed by atoms with E-state index in [1.165, 1.54) is 7.11 Å². The lowest BCUT2D eigenvalue weighted by Crippen LogP contribution is -2.14. The molecule has 0 radical (unpaired) electrons. The van der Waals surface area contributed by atoms with Crippen molar-refractivity contribution in [3.63, 3.8) is 0 Å². The van der Waals surface area contributed by atoms with Crippen LogP contribution in [0.25, 0.3) is 0 Å². The van der Waals surface area contributed by atoms with Gasteiger partial charge in [-0.3, -0.25) is 0 Å². The second kappa shape index (κ2) is 5.56. The first-order valence-electron chi connectivity index (χ1n) is 4.39. The van der Waals surface area contributed by atoms with Crippen LogP contribution in [0, 0.1) is 0 Å². The van der Waals surface area contributed by atoms with Crippen LogP contribution in [0.4, 0.5) is 0 Å². The van der Waals surface area contributed by atoms with Crippen LogP contribution in [0.15, 0.2) is 12.1 Å². The van der Waals surface area contributed by atoms with Crippen LogP contribution < -0.4 is 10.5 Å². The summed E-state index contributed by atoms with van der Waals surface area (Å²) >= 11 is 12.0. The van der Waals surface area contributed by atoms with Crippen molar-refractivity contribution in [3.05, 3.63) is 27.7 Å². The lowest BCUT2D eigenvalue weighted by Gasteiger charge is -2.16. The fraction of sp³-hybridized carbons (Fsp3) is 0.400. The predicted octanol–water partition coefficient (Wildman–Crippen LogP) is 2.65. The first kappa shape index (κ1) is 12.6. The van der Waals surface area contributed by atoms with Gasteiger partial charge in [0.25, 0.3) is 0 Å². The molecule has 15 heavy (non-hydrogen) atoms. The molecule has 0 aromatic heterocycles. The average Bonchev–Trinajstić information content (AvgIpc) is 2.24. The number of hydrogen-bond acceptors (Lipinski definition) is 3. The Balaban J connectivity index is 3.14. The second-order valence-corrected chi connectivity index (χ2v) is 3.78. The number of nitrogens with two attached hydrogens (primary N) is 1. The highest BCUT2D eigenvalue weighted by molar-refractivity contribution is 6.34. The van der Waals surface area contributed by atoms with E-state index in [1.54, 1.807) is 19.2 Å². The van der Waals surface area contributed by atoms with Gasteiger partial charge in [-0.1, -0.05) is 23.2 Å². The van der Waals surface area contributed by atoms with Crippen LogP contribution in [0.3, 0.4) is 0 Å². The molecule has 0 spiro atoms. The van der Waals surface area contributed by atoms with Crippen LogP contribution in [0.2, 0.25) is 10.0 Å². The van der Waals surface area contributed by atoms with Crippen molar-refractivity contribution in [2.24, 2.45) is 5.73 Å². The quantitative estimate of drug-likeness (QED) is 0.893. The largest absolute Gasteiger partial charge is 0.495 e. The molecule has 1 rings (SSSR count). The minimum absolute atomic E-state index is 0.249. The van der Waals surface area contributed by atoms with Crippen LogP contribution >= 0.6 is 23.2 Å². The molecule has 2 N–H and O–H groups in total. The molecular weight excluding hydrogens is 237 g/mol. The van der Waals surface area contributed by atoms with Gasteiger partial charge in [0.2, 0.25) is 0 Å². The fourth-order valence-corrected chi connectivity index (χ4v) is 1.82. The molecule has 5 heteroatoms. The Morgan fingerprint density at radius 3 is 2.40 bits per heavy atom. The summed E-state index contributed by atoms with van der Waals surface area (Å²) in [6, 6.07) is 3.37. The molecule has 0 fully saturated rings. The highest BCUT2D eigenvalue weighted by atomic mass is 35.5. The van der Waals surface area contributed by atoms with Gasteiger partial charge in [-0.15, -0.1) is 0 Å². The van der Waals surface area contributed by atoms with Crippen molar-refractivity contribution in [3.8, 4) is 5.75 Å². The predicted molar refractivity (Wildman–Crippen MR) is 61.8 cm³/mol. The monoisotopic (exact) mass is 249 g/mol. The van der Waals surface area contributed by atoms with Crippen molar-refractivity contribution in [2.75, 3.05) is 20.8 Å². The Morgan fingerprint density at radius 2 is 1.93 bits per heavy atom. The number of ether oxygens (including phenoxy) is 2. The molecule has 0 bridgehead atoms. The second-order valence-electron chi connectivity index (χ2n) is 2.97. The number of benzene rings is 1. The lowest BCUT2D eigenvalue weighted by molar-refractivity contribution is 0.110. The van der Waals surface area contributed by atoms with Crippen LogP contribution in [-0.2, 0) is 4.74 Å². The summed E-state index contributed by atoms with van der Waals surface area (Å²) in [4.78, 5) is 0. The molecule has 1 aromatic carbocycles. The van der Waals surface area contributed by atoms with Gasteiger partial charge < -0.3 is 15.2 Å². The third kappa shape index (κ3) is 2.75. The highest BCUT2D eigenvalue weighted by Crippen LogP contribution is 2.34. The minimum atomic E-state index is -0.249. The molecule has 0 saturated heterocycles. The Hall–Kier alpha value is -0.480. The van der Waals surface area contributed by atoms with E-state index in [-0.39, 0.29) is 6.10 Å². The third-order valence-corrected chi connectivity index (χ3v) is 2.74. The van der Waals surface area contributed by atoms with Crippen molar-refractivity contribution >= 4 is 23.2 Å². The van der Waals surface area contributed by atoms with Gasteiger partial charge >= 0.3 is 0 Å². The zero-order chi connectivity index (χ0) is 11.4. The van der Waals surface area contributed by atoms with E-state index in [2.05, 4.69) is 0 Å². The Morgan fingerprint density at radius 1 is 1.27 bits per heavy atom. The van der Waals surface area contributed by atoms with Crippen molar-refractivity contribution in [1.82, 2.24) is 0 Å². The fourth-order valence-electron chi connectivity index (χ4n) is 1.30. The smallest absolute Gasteiger partial charge is 0.138 e. The minimum Gasteiger partial charge on any atom is -0.495 e. The molecule has 84 valence electrons. The van der Waals surface area contributed by atoms with Crippen LogP contribution in [0.5, 0.6) is 5.75 Å². The number of rotatable bonds is 4. The molecule has 0 saturated carbocycles. The molecule has 3 nitrogen and oxygen atoms in total. The highest BCUT2D eigenvalue weighted by Gasteiger charge is 2.15.